The van der Waals surface area contributed by atoms with Gasteiger partial charge in [-0.25, -0.2) is 4.99 Å². The van der Waals surface area contributed by atoms with Crippen molar-refractivity contribution < 1.29 is 9.47 Å². The molecule has 5 nitrogen and oxygen atoms in total. The van der Waals surface area contributed by atoms with Gasteiger partial charge < -0.3 is 9.47 Å². The minimum Gasteiger partial charge on any atom is -0.497 e. The van der Waals surface area contributed by atoms with E-state index >= 15 is 0 Å². The average Bonchev–Trinajstić information content (AvgIpc) is 3.33. The number of ether oxygens (including phenoxy) is 2. The van der Waals surface area contributed by atoms with E-state index in [-0.39, 0.29) is 11.6 Å². The van der Waals surface area contributed by atoms with Gasteiger partial charge in [-0.2, -0.15) is 0 Å². The summed E-state index contributed by atoms with van der Waals surface area (Å²) >= 11 is 13.8. The van der Waals surface area contributed by atoms with Crippen LogP contribution in [0.1, 0.15) is 40.3 Å². The summed E-state index contributed by atoms with van der Waals surface area (Å²) in [6.45, 7) is 0.302. The molecule has 4 aromatic carbocycles. The minimum atomic E-state index is -0.244. The average molecular weight is 626 g/mol. The van der Waals surface area contributed by atoms with Crippen molar-refractivity contribution in [2.75, 3.05) is 7.11 Å². The quantitative estimate of drug-likeness (QED) is 0.200. The number of benzene rings is 4. The van der Waals surface area contributed by atoms with E-state index in [9.17, 15) is 4.79 Å². The monoisotopic (exact) mass is 624 g/mol. The zero-order valence-electron chi connectivity index (χ0n) is 23.2. The highest BCUT2D eigenvalue weighted by molar-refractivity contribution is 7.07. The lowest BCUT2D eigenvalue weighted by molar-refractivity contribution is 0.306. The van der Waals surface area contributed by atoms with E-state index < -0.39 is 0 Å². The maximum absolute atomic E-state index is 14.1. The van der Waals surface area contributed by atoms with Gasteiger partial charge >= 0.3 is 0 Å². The topological polar surface area (TPSA) is 52.8 Å². The lowest BCUT2D eigenvalue weighted by atomic mass is 9.83. The Kier molecular flexibility index (Phi) is 7.43. The van der Waals surface area contributed by atoms with Crippen LogP contribution in [-0.2, 0) is 13.0 Å². The molecule has 0 amide bonds. The van der Waals surface area contributed by atoms with E-state index in [0.717, 1.165) is 46.5 Å². The lowest BCUT2D eigenvalue weighted by Gasteiger charge is -2.30. The van der Waals surface area contributed by atoms with Crippen LogP contribution in [0.15, 0.2) is 106 Å². The highest BCUT2D eigenvalue weighted by atomic mass is 35.5. The molecule has 1 aromatic heterocycles. The fourth-order valence-electron chi connectivity index (χ4n) is 5.75. The third-order valence-electron chi connectivity index (χ3n) is 7.87. The summed E-state index contributed by atoms with van der Waals surface area (Å²) in [4.78, 5) is 19.9. The smallest absolute Gasteiger partial charge is 0.271 e. The van der Waals surface area contributed by atoms with Gasteiger partial charge in [-0.3, -0.25) is 9.36 Å². The van der Waals surface area contributed by atoms with Crippen molar-refractivity contribution in [1.29, 1.82) is 0 Å². The predicted octanol–water partition coefficient (Wildman–Crippen LogP) is 7.21. The molecule has 214 valence electrons. The summed E-state index contributed by atoms with van der Waals surface area (Å²) in [5, 5.41) is 1.14. The summed E-state index contributed by atoms with van der Waals surface area (Å²) < 4.78 is 13.9. The van der Waals surface area contributed by atoms with E-state index in [0.29, 0.717) is 31.7 Å². The second-order valence-electron chi connectivity index (χ2n) is 10.5. The lowest BCUT2D eigenvalue weighted by Crippen LogP contribution is -2.38. The van der Waals surface area contributed by atoms with Crippen molar-refractivity contribution in [2.45, 2.75) is 25.5 Å². The number of aryl methyl sites for hydroxylation is 1. The Morgan fingerprint density at radius 2 is 1.79 bits per heavy atom. The van der Waals surface area contributed by atoms with E-state index in [2.05, 4.69) is 24.3 Å². The molecule has 2 aliphatic rings. The van der Waals surface area contributed by atoms with Gasteiger partial charge in [-0.15, -0.1) is 0 Å². The molecule has 7 rings (SSSR count). The molecule has 1 atom stereocenters. The van der Waals surface area contributed by atoms with Gasteiger partial charge in [0.1, 0.15) is 18.1 Å². The first kappa shape index (κ1) is 27.7. The standard InChI is InChI=1S/C35H26Cl2N2O3S/c1-41-26-14-10-23(11-15-26)33-29-16-12-22-6-2-3-8-28(22)32(29)38-35-39(33)34(40)31(43-35)18-21-5-4-7-27(17-21)42-20-24-9-13-25(36)19-30(24)37/h2-11,13-15,17-19,33H,12,16,20H2,1H3/b31-18+/t33-/m0/s1. The zero-order chi connectivity index (χ0) is 29.5. The number of allylic oxidation sites excluding steroid dienone is 1. The van der Waals surface area contributed by atoms with Gasteiger partial charge in [0.2, 0.25) is 0 Å². The van der Waals surface area contributed by atoms with Gasteiger partial charge in [-0.05, 0) is 77.6 Å². The number of rotatable bonds is 6. The number of nitrogens with zero attached hydrogens (tertiary/aromatic N) is 2. The van der Waals surface area contributed by atoms with E-state index in [1.165, 1.54) is 22.5 Å². The summed E-state index contributed by atoms with van der Waals surface area (Å²) in [6.07, 6.45) is 3.66. The largest absolute Gasteiger partial charge is 0.497 e. The number of methoxy groups -OCH3 is 1. The summed E-state index contributed by atoms with van der Waals surface area (Å²) in [5.74, 6) is 1.45. The Balaban J connectivity index is 1.30. The van der Waals surface area contributed by atoms with Crippen molar-refractivity contribution in [3.05, 3.63) is 154 Å². The van der Waals surface area contributed by atoms with Crippen molar-refractivity contribution in [1.82, 2.24) is 4.57 Å². The van der Waals surface area contributed by atoms with E-state index in [1.54, 1.807) is 19.2 Å². The van der Waals surface area contributed by atoms with Crippen LogP contribution in [0.5, 0.6) is 11.5 Å². The first-order chi connectivity index (χ1) is 21.0. The van der Waals surface area contributed by atoms with Crippen molar-refractivity contribution >= 4 is 46.3 Å². The van der Waals surface area contributed by atoms with Gasteiger partial charge in [0, 0.05) is 21.2 Å². The van der Waals surface area contributed by atoms with Crippen LogP contribution in [0.3, 0.4) is 0 Å². The Bertz CT molecular complexity index is 2080. The van der Waals surface area contributed by atoms with Crippen molar-refractivity contribution in [3.8, 4) is 11.5 Å². The molecular formula is C35H26Cl2N2O3S. The van der Waals surface area contributed by atoms with Crippen molar-refractivity contribution in [2.24, 2.45) is 4.99 Å². The molecule has 0 fully saturated rings. The van der Waals surface area contributed by atoms with Crippen LogP contribution in [-0.4, -0.2) is 11.7 Å². The molecule has 8 heteroatoms. The second-order valence-corrected chi connectivity index (χ2v) is 12.3. The summed E-state index contributed by atoms with van der Waals surface area (Å²) in [6, 6.07) is 29.2. The number of halogens is 2. The van der Waals surface area contributed by atoms with E-state index in [4.69, 9.17) is 37.7 Å². The first-order valence-electron chi connectivity index (χ1n) is 13.9. The highest BCUT2D eigenvalue weighted by Crippen LogP contribution is 2.41. The molecule has 2 heterocycles. The first-order valence-corrected chi connectivity index (χ1v) is 15.5. The Morgan fingerprint density at radius 3 is 2.60 bits per heavy atom. The Labute approximate surface area is 262 Å². The van der Waals surface area contributed by atoms with Gasteiger partial charge in [0.15, 0.2) is 4.80 Å². The minimum absolute atomic E-state index is 0.0609. The molecule has 0 N–H and O–H groups in total. The molecule has 1 aliphatic carbocycles. The molecule has 0 spiro atoms. The van der Waals surface area contributed by atoms with Crippen molar-refractivity contribution in [3.63, 3.8) is 0 Å². The third-order valence-corrected chi connectivity index (χ3v) is 9.44. The van der Waals surface area contributed by atoms with Crippen LogP contribution in [0.2, 0.25) is 10.0 Å². The molecule has 1 aliphatic heterocycles. The summed E-state index contributed by atoms with van der Waals surface area (Å²) in [7, 11) is 1.66. The van der Waals surface area contributed by atoms with E-state index in [1.807, 2.05) is 65.2 Å². The number of hydrogen-bond acceptors (Lipinski definition) is 5. The predicted molar refractivity (Wildman–Crippen MR) is 173 cm³/mol. The highest BCUT2D eigenvalue weighted by Gasteiger charge is 2.32. The molecule has 5 aromatic rings. The second kappa shape index (κ2) is 11.5. The summed E-state index contributed by atoms with van der Waals surface area (Å²) in [5.41, 5.74) is 7.25. The van der Waals surface area contributed by atoms with Gasteiger partial charge in [0.25, 0.3) is 5.56 Å². The van der Waals surface area contributed by atoms with Crippen LogP contribution in [0.25, 0.3) is 11.8 Å². The fourth-order valence-corrected chi connectivity index (χ4v) is 7.22. The third kappa shape index (κ3) is 5.31. The Hall–Kier alpha value is -4.10. The SMILES string of the molecule is COc1ccc([C@H]2C3=C(N=c4s/c(=C/c5cccc(OCc6ccc(Cl)cc6Cl)c5)c(=O)n42)c2ccccc2CC3)cc1. The molecule has 0 bridgehead atoms. The molecular weight excluding hydrogens is 599 g/mol. The molecule has 0 saturated heterocycles. The van der Waals surface area contributed by atoms with Crippen LogP contribution in [0, 0.1) is 0 Å². The number of hydrogen-bond donors (Lipinski definition) is 0. The van der Waals surface area contributed by atoms with Gasteiger partial charge in [0.05, 0.1) is 23.4 Å². The Morgan fingerprint density at radius 1 is 0.953 bits per heavy atom. The fraction of sp³-hybridized carbons (Fsp3) is 0.143. The van der Waals surface area contributed by atoms with Crippen LogP contribution >= 0.6 is 34.5 Å². The normalized spacial score (nSPS) is 15.8. The molecule has 43 heavy (non-hydrogen) atoms. The molecule has 0 unspecified atom stereocenters. The van der Waals surface area contributed by atoms with Gasteiger partial charge in [-0.1, -0.05) is 89.1 Å². The molecule has 0 radical (unpaired) electrons. The molecule has 0 saturated carbocycles. The van der Waals surface area contributed by atoms with Crippen LogP contribution in [0.4, 0.5) is 0 Å². The van der Waals surface area contributed by atoms with Crippen LogP contribution < -0.4 is 24.4 Å². The zero-order valence-corrected chi connectivity index (χ0v) is 25.5. The maximum Gasteiger partial charge on any atom is 0.271 e. The number of thiazole rings is 1. The maximum atomic E-state index is 14.1. The number of aromatic nitrogens is 1. The number of fused-ring (bicyclic) bond motifs is 3.